The van der Waals surface area contributed by atoms with E-state index >= 15 is 0 Å². The van der Waals surface area contributed by atoms with E-state index in [1.807, 2.05) is 32.9 Å². The summed E-state index contributed by atoms with van der Waals surface area (Å²) in [7, 11) is -2.29. The van der Waals surface area contributed by atoms with Crippen LogP contribution in [0, 0.1) is 0 Å². The van der Waals surface area contributed by atoms with Crippen LogP contribution in [-0.2, 0) is 26.2 Å². The number of carbonyl (C=O) groups excluding carboxylic acids is 2. The van der Waals surface area contributed by atoms with E-state index in [0.29, 0.717) is 36.9 Å². The van der Waals surface area contributed by atoms with E-state index in [1.54, 1.807) is 37.4 Å². The summed E-state index contributed by atoms with van der Waals surface area (Å²) >= 11 is 0. The van der Waals surface area contributed by atoms with Crippen LogP contribution in [0.4, 0.5) is 5.69 Å². The molecular formula is C27H37N3O7S. The van der Waals surface area contributed by atoms with Gasteiger partial charge in [0, 0.05) is 18.7 Å². The van der Waals surface area contributed by atoms with Gasteiger partial charge in [0.05, 0.1) is 19.1 Å². The first-order chi connectivity index (χ1) is 18.1. The molecule has 0 aliphatic carbocycles. The summed E-state index contributed by atoms with van der Waals surface area (Å²) in [5.41, 5.74) is 1.05. The molecule has 10 nitrogen and oxygen atoms in total. The first-order valence-electron chi connectivity index (χ1n) is 12.7. The molecule has 0 aromatic heterocycles. The average Bonchev–Trinajstić information content (AvgIpc) is 2.90. The second-order valence-electron chi connectivity index (χ2n) is 9.21. The van der Waals surface area contributed by atoms with Crippen molar-refractivity contribution in [3.63, 3.8) is 0 Å². The SMILES string of the molecule is CC[C@@H](C)NC(=O)[C@H](CC)N(Cc1ccc(OC)cc1)C(=O)CN(c1ccc2c(c1)OCCO2)S(C)(=O)=O. The van der Waals surface area contributed by atoms with Gasteiger partial charge in [0.15, 0.2) is 11.5 Å². The molecule has 0 fully saturated rings. The first kappa shape index (κ1) is 29.1. The fourth-order valence-electron chi connectivity index (χ4n) is 4.09. The van der Waals surface area contributed by atoms with Gasteiger partial charge in [-0.15, -0.1) is 0 Å². The van der Waals surface area contributed by atoms with Crippen LogP contribution in [0.5, 0.6) is 17.2 Å². The Labute approximate surface area is 224 Å². The van der Waals surface area contributed by atoms with Gasteiger partial charge in [-0.25, -0.2) is 8.42 Å². The van der Waals surface area contributed by atoms with Crippen LogP contribution in [0.15, 0.2) is 42.5 Å². The molecule has 0 spiro atoms. The van der Waals surface area contributed by atoms with Gasteiger partial charge in [0.1, 0.15) is 31.5 Å². The number of hydrogen-bond acceptors (Lipinski definition) is 7. The lowest BCUT2D eigenvalue weighted by atomic mass is 10.1. The van der Waals surface area contributed by atoms with E-state index in [0.717, 1.165) is 22.5 Å². The van der Waals surface area contributed by atoms with Gasteiger partial charge in [0.2, 0.25) is 21.8 Å². The molecule has 3 rings (SSSR count). The molecule has 0 saturated heterocycles. The number of rotatable bonds is 12. The van der Waals surface area contributed by atoms with Crippen LogP contribution in [-0.4, -0.2) is 70.3 Å². The number of methoxy groups -OCH3 is 1. The van der Waals surface area contributed by atoms with E-state index in [9.17, 15) is 18.0 Å². The fourth-order valence-corrected chi connectivity index (χ4v) is 4.93. The van der Waals surface area contributed by atoms with Crippen molar-refractivity contribution in [3.8, 4) is 17.2 Å². The summed E-state index contributed by atoms with van der Waals surface area (Å²) in [6, 6.07) is 11.1. The summed E-state index contributed by atoms with van der Waals surface area (Å²) in [4.78, 5) is 28.5. The Morgan fingerprint density at radius 2 is 1.68 bits per heavy atom. The maximum absolute atomic E-state index is 13.8. The van der Waals surface area contributed by atoms with Crippen LogP contribution < -0.4 is 23.8 Å². The fraction of sp³-hybridized carbons (Fsp3) is 0.481. The van der Waals surface area contributed by atoms with Crippen LogP contribution in [0.3, 0.4) is 0 Å². The monoisotopic (exact) mass is 547 g/mol. The summed E-state index contributed by atoms with van der Waals surface area (Å²) in [5.74, 6) is 0.786. The van der Waals surface area contributed by atoms with Gasteiger partial charge < -0.3 is 24.4 Å². The maximum atomic E-state index is 13.8. The minimum Gasteiger partial charge on any atom is -0.497 e. The largest absolute Gasteiger partial charge is 0.497 e. The predicted molar refractivity (Wildman–Crippen MR) is 145 cm³/mol. The third-order valence-corrected chi connectivity index (χ3v) is 7.53. The van der Waals surface area contributed by atoms with Crippen molar-refractivity contribution in [1.82, 2.24) is 10.2 Å². The molecule has 1 aliphatic rings. The number of sulfonamides is 1. The minimum atomic E-state index is -3.86. The first-order valence-corrected chi connectivity index (χ1v) is 14.5. The lowest BCUT2D eigenvalue weighted by molar-refractivity contribution is -0.140. The summed E-state index contributed by atoms with van der Waals surface area (Å²) < 4.78 is 43.1. The smallest absolute Gasteiger partial charge is 0.244 e. The number of nitrogens with one attached hydrogen (secondary N) is 1. The molecule has 1 N–H and O–H groups in total. The van der Waals surface area contributed by atoms with Crippen LogP contribution in [0.25, 0.3) is 0 Å². The highest BCUT2D eigenvalue weighted by molar-refractivity contribution is 7.92. The van der Waals surface area contributed by atoms with Crippen molar-refractivity contribution in [2.75, 3.05) is 37.4 Å². The van der Waals surface area contributed by atoms with Crippen molar-refractivity contribution in [1.29, 1.82) is 0 Å². The van der Waals surface area contributed by atoms with Gasteiger partial charge in [-0.1, -0.05) is 26.0 Å². The maximum Gasteiger partial charge on any atom is 0.244 e. The van der Waals surface area contributed by atoms with E-state index < -0.39 is 28.5 Å². The molecule has 1 aliphatic heterocycles. The second kappa shape index (κ2) is 12.9. The van der Waals surface area contributed by atoms with Crippen LogP contribution in [0.2, 0.25) is 0 Å². The number of carbonyl (C=O) groups is 2. The van der Waals surface area contributed by atoms with Gasteiger partial charge >= 0.3 is 0 Å². The van der Waals surface area contributed by atoms with Crippen molar-refractivity contribution < 1.29 is 32.2 Å². The quantitative estimate of drug-likeness (QED) is 0.435. The zero-order chi connectivity index (χ0) is 27.9. The number of benzene rings is 2. The lowest BCUT2D eigenvalue weighted by Gasteiger charge is -2.33. The van der Waals surface area contributed by atoms with Crippen molar-refractivity contribution in [2.45, 2.75) is 52.2 Å². The van der Waals surface area contributed by atoms with Crippen molar-refractivity contribution in [2.24, 2.45) is 0 Å². The molecule has 0 saturated carbocycles. The summed E-state index contributed by atoms with van der Waals surface area (Å²) in [6.07, 6.45) is 2.13. The zero-order valence-electron chi connectivity index (χ0n) is 22.6. The Balaban J connectivity index is 1.94. The van der Waals surface area contributed by atoms with E-state index in [2.05, 4.69) is 5.32 Å². The van der Waals surface area contributed by atoms with E-state index in [4.69, 9.17) is 14.2 Å². The number of ether oxygens (including phenoxy) is 3. The standard InChI is InChI=1S/C27H37N3O7S/c1-6-19(3)28-27(32)23(7-2)29(17-20-8-11-22(35-4)12-9-20)26(31)18-30(38(5,33)34)21-10-13-24-25(16-21)37-15-14-36-24/h8-13,16,19,23H,6-7,14-15,17-18H2,1-5H3,(H,28,32)/t19-,23+/m1/s1. The number of nitrogens with zero attached hydrogens (tertiary/aromatic N) is 2. The lowest BCUT2D eigenvalue weighted by Crippen LogP contribution is -2.53. The molecule has 0 radical (unpaired) electrons. The Bertz CT molecular complexity index is 1220. The van der Waals surface area contributed by atoms with Crippen molar-refractivity contribution >= 4 is 27.5 Å². The molecule has 2 aromatic rings. The molecule has 38 heavy (non-hydrogen) atoms. The van der Waals surface area contributed by atoms with Crippen LogP contribution >= 0.6 is 0 Å². The molecule has 0 unspecified atom stereocenters. The number of fused-ring (bicyclic) bond motifs is 1. The van der Waals surface area contributed by atoms with Gasteiger partial charge in [-0.05, 0) is 49.6 Å². The zero-order valence-corrected chi connectivity index (χ0v) is 23.4. The molecule has 0 bridgehead atoms. The molecule has 2 atom stereocenters. The molecule has 2 aromatic carbocycles. The van der Waals surface area contributed by atoms with Gasteiger partial charge in [-0.3, -0.25) is 13.9 Å². The van der Waals surface area contributed by atoms with Crippen molar-refractivity contribution in [3.05, 3.63) is 48.0 Å². The normalized spacial score (nSPS) is 14.2. The Hall–Kier alpha value is -3.47. The van der Waals surface area contributed by atoms with E-state index in [1.165, 1.54) is 4.90 Å². The average molecular weight is 548 g/mol. The minimum absolute atomic E-state index is 0.0697. The topological polar surface area (TPSA) is 114 Å². The molecule has 11 heteroatoms. The Kier molecular flexibility index (Phi) is 9.84. The van der Waals surface area contributed by atoms with Gasteiger partial charge in [-0.2, -0.15) is 0 Å². The second-order valence-corrected chi connectivity index (χ2v) is 11.1. The highest BCUT2D eigenvalue weighted by Crippen LogP contribution is 2.34. The predicted octanol–water partition coefficient (Wildman–Crippen LogP) is 2.95. The molecular weight excluding hydrogens is 510 g/mol. The van der Waals surface area contributed by atoms with Crippen LogP contribution in [0.1, 0.15) is 39.2 Å². The Morgan fingerprint density at radius 1 is 1.03 bits per heavy atom. The third kappa shape index (κ3) is 7.31. The third-order valence-electron chi connectivity index (χ3n) is 6.39. The number of hydrogen-bond donors (Lipinski definition) is 1. The molecule has 208 valence electrons. The number of amides is 2. The van der Waals surface area contributed by atoms with Gasteiger partial charge in [0.25, 0.3) is 0 Å². The van der Waals surface area contributed by atoms with E-state index in [-0.39, 0.29) is 24.2 Å². The highest BCUT2D eigenvalue weighted by atomic mass is 32.2. The molecule has 1 heterocycles. The summed E-state index contributed by atoms with van der Waals surface area (Å²) in [5, 5.41) is 2.95. The highest BCUT2D eigenvalue weighted by Gasteiger charge is 2.32. The summed E-state index contributed by atoms with van der Waals surface area (Å²) in [6.45, 7) is 6.06. The molecule has 2 amide bonds. The Morgan fingerprint density at radius 3 is 2.26 bits per heavy atom. The number of anilines is 1.